The van der Waals surface area contributed by atoms with Crippen molar-refractivity contribution in [3.63, 3.8) is 0 Å². The molecule has 0 radical (unpaired) electrons. The lowest BCUT2D eigenvalue weighted by Crippen LogP contribution is -2.19. The van der Waals surface area contributed by atoms with E-state index in [4.69, 9.17) is 4.74 Å². The number of carbonyl (C=O) groups excluding carboxylic acids is 1. The molecule has 0 bridgehead atoms. The van der Waals surface area contributed by atoms with E-state index in [9.17, 15) is 9.90 Å². The molecule has 138 valence electrons. The minimum atomic E-state index is -0.311. The summed E-state index contributed by atoms with van der Waals surface area (Å²) in [6.45, 7) is 2.28. The highest BCUT2D eigenvalue weighted by Gasteiger charge is 2.11. The van der Waals surface area contributed by atoms with Crippen LogP contribution in [-0.4, -0.2) is 28.4 Å². The highest BCUT2D eigenvalue weighted by Crippen LogP contribution is 2.32. The molecule has 0 unspecified atom stereocenters. The molecule has 0 atom stereocenters. The predicted molar refractivity (Wildman–Crippen MR) is 113 cm³/mol. The topological polar surface area (TPSA) is 75.8 Å². The average Bonchev–Trinajstić information content (AvgIpc) is 3.20. The normalized spacial score (nSPS) is 10.9. The van der Waals surface area contributed by atoms with Crippen molar-refractivity contribution in [2.24, 2.45) is 5.10 Å². The Balaban J connectivity index is 1.77. The largest absolute Gasteiger partial charge is 0.504 e. The molecule has 0 spiro atoms. The maximum atomic E-state index is 12.5. The fourth-order valence-electron chi connectivity index (χ4n) is 2.55. The molecule has 6 nitrogen and oxygen atoms in total. The third-order valence-corrected chi connectivity index (χ3v) is 4.58. The van der Waals surface area contributed by atoms with Gasteiger partial charge in [0.05, 0.1) is 27.6 Å². The van der Waals surface area contributed by atoms with Crippen LogP contribution in [0.25, 0.3) is 5.69 Å². The van der Waals surface area contributed by atoms with E-state index in [0.29, 0.717) is 27.1 Å². The number of phenolic OH excluding ortho intramolecular Hbond substituents is 1. The third kappa shape index (κ3) is 4.48. The highest BCUT2D eigenvalue weighted by molar-refractivity contribution is 14.1. The number of nitrogens with one attached hydrogen (secondary N) is 1. The van der Waals surface area contributed by atoms with E-state index in [0.717, 1.165) is 5.69 Å². The van der Waals surface area contributed by atoms with E-state index in [-0.39, 0.29) is 11.7 Å². The van der Waals surface area contributed by atoms with Gasteiger partial charge in [0.15, 0.2) is 11.5 Å². The van der Waals surface area contributed by atoms with Crippen LogP contribution < -0.4 is 10.2 Å². The first-order chi connectivity index (χ1) is 13.1. The molecule has 1 aromatic heterocycles. The zero-order chi connectivity index (χ0) is 19.2. The number of hydrogen-bond acceptors (Lipinski definition) is 4. The van der Waals surface area contributed by atoms with Gasteiger partial charge in [0.25, 0.3) is 5.91 Å². The number of carbonyl (C=O) groups is 1. The molecular formula is C20H18IN3O3. The van der Waals surface area contributed by atoms with Gasteiger partial charge in [-0.25, -0.2) is 5.43 Å². The van der Waals surface area contributed by atoms with Crippen molar-refractivity contribution >= 4 is 34.7 Å². The van der Waals surface area contributed by atoms with Crippen molar-refractivity contribution < 1.29 is 14.6 Å². The number of para-hydroxylation sites is 1. The molecule has 3 rings (SSSR count). The number of nitrogens with zero attached hydrogens (tertiary/aromatic N) is 2. The lowest BCUT2D eigenvalue weighted by molar-refractivity contribution is 0.0955. The molecule has 0 saturated heterocycles. The second-order valence-corrected chi connectivity index (χ2v) is 6.75. The van der Waals surface area contributed by atoms with E-state index in [2.05, 4.69) is 10.5 Å². The van der Waals surface area contributed by atoms with Crippen LogP contribution in [0.1, 0.15) is 22.8 Å². The Morgan fingerprint density at radius 1 is 1.26 bits per heavy atom. The molecule has 2 aromatic carbocycles. The number of hydrazone groups is 1. The van der Waals surface area contributed by atoms with Crippen molar-refractivity contribution in [2.45, 2.75) is 6.92 Å². The second-order valence-electron chi connectivity index (χ2n) is 5.59. The van der Waals surface area contributed by atoms with Gasteiger partial charge in [0, 0.05) is 12.4 Å². The van der Waals surface area contributed by atoms with Crippen LogP contribution >= 0.6 is 22.6 Å². The number of rotatable bonds is 6. The van der Waals surface area contributed by atoms with Crippen molar-refractivity contribution in [2.75, 3.05) is 6.61 Å². The minimum absolute atomic E-state index is 0.0966. The van der Waals surface area contributed by atoms with Crippen molar-refractivity contribution in [3.05, 3.63) is 75.6 Å². The van der Waals surface area contributed by atoms with E-state index in [1.54, 1.807) is 18.2 Å². The molecule has 2 N–H and O–H groups in total. The van der Waals surface area contributed by atoms with E-state index in [1.807, 2.05) is 76.8 Å². The molecule has 0 fully saturated rings. The third-order valence-electron chi connectivity index (χ3n) is 3.76. The second kappa shape index (κ2) is 8.72. The number of ether oxygens (including phenoxy) is 1. The summed E-state index contributed by atoms with van der Waals surface area (Å²) < 4.78 is 7.92. The average molecular weight is 475 g/mol. The number of halogens is 1. The Morgan fingerprint density at radius 2 is 2.00 bits per heavy atom. The first kappa shape index (κ1) is 19.0. The lowest BCUT2D eigenvalue weighted by Gasteiger charge is -2.09. The van der Waals surface area contributed by atoms with E-state index < -0.39 is 0 Å². The van der Waals surface area contributed by atoms with Crippen LogP contribution in [0, 0.1) is 3.57 Å². The molecule has 3 aromatic rings. The summed E-state index contributed by atoms with van der Waals surface area (Å²) in [6, 6.07) is 14.5. The van der Waals surface area contributed by atoms with Gasteiger partial charge in [0.1, 0.15) is 0 Å². The number of aromatic hydroxyl groups is 1. The minimum Gasteiger partial charge on any atom is -0.504 e. The molecule has 27 heavy (non-hydrogen) atoms. The van der Waals surface area contributed by atoms with Crippen LogP contribution in [0.3, 0.4) is 0 Å². The van der Waals surface area contributed by atoms with Crippen LogP contribution in [0.2, 0.25) is 0 Å². The van der Waals surface area contributed by atoms with Crippen LogP contribution in [0.5, 0.6) is 11.5 Å². The van der Waals surface area contributed by atoms with E-state index in [1.165, 1.54) is 6.21 Å². The number of hydrogen-bond donors (Lipinski definition) is 2. The van der Waals surface area contributed by atoms with Gasteiger partial charge >= 0.3 is 0 Å². The first-order valence-corrected chi connectivity index (χ1v) is 9.39. The maximum absolute atomic E-state index is 12.5. The number of phenols is 1. The molecule has 7 heteroatoms. The van der Waals surface area contributed by atoms with Gasteiger partial charge in [-0.2, -0.15) is 5.10 Å². The van der Waals surface area contributed by atoms with Gasteiger partial charge < -0.3 is 14.4 Å². The quantitative estimate of drug-likeness (QED) is 0.322. The summed E-state index contributed by atoms with van der Waals surface area (Å²) >= 11 is 2.02. The zero-order valence-electron chi connectivity index (χ0n) is 14.6. The zero-order valence-corrected chi connectivity index (χ0v) is 16.8. The van der Waals surface area contributed by atoms with Gasteiger partial charge in [0.2, 0.25) is 0 Å². The van der Waals surface area contributed by atoms with Crippen LogP contribution in [0.15, 0.2) is 66.0 Å². The number of benzene rings is 2. The standard InChI is InChI=1S/C20H18IN3O3/c1-2-27-18-12-14(11-16(21)19(18)25)13-22-23-20(26)15-7-3-4-8-17(15)24-9-5-6-10-24/h3-13,25H,2H2,1H3,(H,23,26)/b22-13+. The van der Waals surface area contributed by atoms with E-state index >= 15 is 0 Å². The highest BCUT2D eigenvalue weighted by atomic mass is 127. The van der Waals surface area contributed by atoms with Crippen LogP contribution in [0.4, 0.5) is 0 Å². The molecule has 1 heterocycles. The summed E-state index contributed by atoms with van der Waals surface area (Å²) in [5.41, 5.74) is 4.54. The van der Waals surface area contributed by atoms with Gasteiger partial charge in [-0.15, -0.1) is 0 Å². The molecule has 0 aliphatic rings. The SMILES string of the molecule is CCOc1cc(/C=N/NC(=O)c2ccccc2-n2cccc2)cc(I)c1O. The summed E-state index contributed by atoms with van der Waals surface area (Å²) in [5.74, 6) is 0.170. The van der Waals surface area contributed by atoms with Crippen molar-refractivity contribution in [3.8, 4) is 17.2 Å². The molecule has 1 amide bonds. The van der Waals surface area contributed by atoms with Gasteiger partial charge in [-0.1, -0.05) is 12.1 Å². The van der Waals surface area contributed by atoms with Gasteiger partial charge in [-0.3, -0.25) is 4.79 Å². The molecule has 0 aliphatic heterocycles. The predicted octanol–water partition coefficient (Wildman–Crippen LogP) is 3.95. The monoisotopic (exact) mass is 475 g/mol. The number of amides is 1. The Kier molecular flexibility index (Phi) is 6.12. The summed E-state index contributed by atoms with van der Waals surface area (Å²) in [6.07, 6.45) is 5.27. The Bertz CT molecular complexity index is 969. The Hall–Kier alpha value is -2.81. The first-order valence-electron chi connectivity index (χ1n) is 8.31. The summed E-state index contributed by atoms with van der Waals surface area (Å²) in [5, 5.41) is 14.0. The van der Waals surface area contributed by atoms with Crippen molar-refractivity contribution in [1.82, 2.24) is 9.99 Å². The molecule has 0 aliphatic carbocycles. The molecular weight excluding hydrogens is 457 g/mol. The number of aromatic nitrogens is 1. The fraction of sp³-hybridized carbons (Fsp3) is 0.100. The fourth-order valence-corrected chi connectivity index (χ4v) is 3.17. The Labute approximate surface area is 170 Å². The van der Waals surface area contributed by atoms with Crippen LogP contribution in [-0.2, 0) is 0 Å². The molecule has 0 saturated carbocycles. The summed E-state index contributed by atoms with van der Waals surface area (Å²) in [7, 11) is 0. The lowest BCUT2D eigenvalue weighted by atomic mass is 10.1. The maximum Gasteiger partial charge on any atom is 0.273 e. The van der Waals surface area contributed by atoms with Gasteiger partial charge in [-0.05, 0) is 71.5 Å². The van der Waals surface area contributed by atoms with Crippen molar-refractivity contribution in [1.29, 1.82) is 0 Å². The smallest absolute Gasteiger partial charge is 0.273 e. The summed E-state index contributed by atoms with van der Waals surface area (Å²) in [4.78, 5) is 12.5. The Morgan fingerprint density at radius 3 is 2.74 bits per heavy atom.